The molecule has 98 valence electrons. The number of ether oxygens (including phenoxy) is 1. The van der Waals surface area contributed by atoms with Crippen LogP contribution in [0.4, 0.5) is 0 Å². The molecule has 1 fully saturated rings. The van der Waals surface area contributed by atoms with E-state index in [0.717, 1.165) is 18.8 Å². The van der Waals surface area contributed by atoms with Crippen LogP contribution in [0.25, 0.3) is 0 Å². The van der Waals surface area contributed by atoms with E-state index in [-0.39, 0.29) is 5.60 Å². The summed E-state index contributed by atoms with van der Waals surface area (Å²) in [5.41, 5.74) is 5.65. The van der Waals surface area contributed by atoms with Crippen LogP contribution in [0.3, 0.4) is 0 Å². The highest BCUT2D eigenvalue weighted by molar-refractivity contribution is 5.77. The van der Waals surface area contributed by atoms with Gasteiger partial charge < -0.3 is 15.8 Å². The summed E-state index contributed by atoms with van der Waals surface area (Å²) in [5, 5.41) is 2.98. The van der Waals surface area contributed by atoms with Crippen LogP contribution in [0.5, 0.6) is 0 Å². The lowest BCUT2D eigenvalue weighted by Crippen LogP contribution is -2.41. The molecule has 1 aliphatic rings. The fourth-order valence-corrected chi connectivity index (χ4v) is 2.18. The van der Waals surface area contributed by atoms with E-state index in [1.165, 1.54) is 12.8 Å². The van der Waals surface area contributed by atoms with Crippen LogP contribution in [-0.2, 0) is 4.74 Å². The molecule has 4 heteroatoms. The molecule has 17 heavy (non-hydrogen) atoms. The summed E-state index contributed by atoms with van der Waals surface area (Å²) in [7, 11) is 1.78. The lowest BCUT2D eigenvalue weighted by Gasteiger charge is -2.37. The maximum Gasteiger partial charge on any atom is 0.188 e. The first-order valence-electron chi connectivity index (χ1n) is 6.32. The molecule has 0 amide bonds. The summed E-state index contributed by atoms with van der Waals surface area (Å²) in [6.07, 6.45) is 6.33. The first kappa shape index (κ1) is 14.0. The van der Waals surface area contributed by atoms with Gasteiger partial charge >= 0.3 is 0 Å². The molecule has 0 aromatic heterocycles. The largest absolute Gasteiger partial charge is 0.376 e. The third-order valence-corrected chi connectivity index (χ3v) is 3.58. The number of hydrogen-bond acceptors (Lipinski definition) is 2. The van der Waals surface area contributed by atoms with E-state index in [1.54, 1.807) is 13.2 Å². The van der Waals surface area contributed by atoms with Crippen molar-refractivity contribution in [3.8, 4) is 0 Å². The molecule has 3 N–H and O–H groups in total. The quantitative estimate of drug-likeness (QED) is 0.436. The van der Waals surface area contributed by atoms with Crippen molar-refractivity contribution in [2.75, 3.05) is 20.2 Å². The highest BCUT2D eigenvalue weighted by Crippen LogP contribution is 2.34. The van der Waals surface area contributed by atoms with Crippen molar-refractivity contribution in [2.24, 2.45) is 16.6 Å². The van der Waals surface area contributed by atoms with Gasteiger partial charge in [-0.2, -0.15) is 0 Å². The summed E-state index contributed by atoms with van der Waals surface area (Å²) < 4.78 is 5.67. The predicted molar refractivity (Wildman–Crippen MR) is 72.1 cm³/mol. The minimum absolute atomic E-state index is 0.104. The van der Waals surface area contributed by atoms with E-state index in [1.807, 2.05) is 0 Å². The zero-order chi connectivity index (χ0) is 12.7. The first-order chi connectivity index (χ1) is 8.12. The van der Waals surface area contributed by atoms with Crippen LogP contribution in [0.15, 0.2) is 17.6 Å². The highest BCUT2D eigenvalue weighted by atomic mass is 16.5. The number of guanidine groups is 1. The number of rotatable bonds is 5. The van der Waals surface area contributed by atoms with E-state index in [4.69, 9.17) is 10.5 Å². The number of methoxy groups -OCH3 is 1. The van der Waals surface area contributed by atoms with Crippen LogP contribution >= 0.6 is 0 Å². The topological polar surface area (TPSA) is 59.6 Å². The molecular weight excluding hydrogens is 214 g/mol. The molecule has 0 saturated heterocycles. The molecule has 4 nitrogen and oxygen atoms in total. The number of hydrogen-bond donors (Lipinski definition) is 2. The molecule has 0 aliphatic heterocycles. The molecule has 0 aromatic rings. The van der Waals surface area contributed by atoms with Gasteiger partial charge in [-0.05, 0) is 31.6 Å². The zero-order valence-corrected chi connectivity index (χ0v) is 11.0. The molecule has 0 unspecified atom stereocenters. The molecule has 0 bridgehead atoms. The fraction of sp³-hybridized carbons (Fsp3) is 0.769. The van der Waals surface area contributed by atoms with Crippen molar-refractivity contribution >= 4 is 5.96 Å². The summed E-state index contributed by atoms with van der Waals surface area (Å²) in [6, 6.07) is 0. The lowest BCUT2D eigenvalue weighted by molar-refractivity contribution is -0.0394. The maximum absolute atomic E-state index is 5.75. The van der Waals surface area contributed by atoms with Gasteiger partial charge in [-0.3, -0.25) is 4.99 Å². The smallest absolute Gasteiger partial charge is 0.188 e. The van der Waals surface area contributed by atoms with E-state index in [2.05, 4.69) is 23.8 Å². The Morgan fingerprint density at radius 1 is 1.59 bits per heavy atom. The zero-order valence-electron chi connectivity index (χ0n) is 11.0. The van der Waals surface area contributed by atoms with E-state index in [0.29, 0.717) is 19.0 Å². The molecule has 0 spiro atoms. The Hall–Kier alpha value is -1.03. The third kappa shape index (κ3) is 4.38. The van der Waals surface area contributed by atoms with E-state index < -0.39 is 0 Å². The first-order valence-corrected chi connectivity index (χ1v) is 6.32. The summed E-state index contributed by atoms with van der Waals surface area (Å²) in [6.45, 7) is 7.21. The van der Waals surface area contributed by atoms with Gasteiger partial charge in [0.2, 0.25) is 0 Å². The van der Waals surface area contributed by atoms with Crippen LogP contribution in [0.2, 0.25) is 0 Å². The van der Waals surface area contributed by atoms with Crippen molar-refractivity contribution in [3.63, 3.8) is 0 Å². The average Bonchev–Trinajstić information content (AvgIpc) is 2.36. The normalized spacial score (nSPS) is 30.0. The SMILES string of the molecule is C=CCNC(N)=NCC1(OC)CCC(C)CC1. The van der Waals surface area contributed by atoms with Crippen LogP contribution < -0.4 is 11.1 Å². The third-order valence-electron chi connectivity index (χ3n) is 3.58. The Labute approximate surface area is 104 Å². The van der Waals surface area contributed by atoms with Gasteiger partial charge in [0.1, 0.15) is 0 Å². The Morgan fingerprint density at radius 3 is 2.76 bits per heavy atom. The van der Waals surface area contributed by atoms with Gasteiger partial charge in [0.25, 0.3) is 0 Å². The van der Waals surface area contributed by atoms with Crippen molar-refractivity contribution in [1.82, 2.24) is 5.32 Å². The minimum Gasteiger partial charge on any atom is -0.376 e. The summed E-state index contributed by atoms with van der Waals surface area (Å²) in [5.74, 6) is 1.28. The second-order valence-electron chi connectivity index (χ2n) is 4.94. The number of nitrogens with one attached hydrogen (secondary N) is 1. The van der Waals surface area contributed by atoms with Gasteiger partial charge in [-0.15, -0.1) is 6.58 Å². The van der Waals surface area contributed by atoms with Gasteiger partial charge in [-0.1, -0.05) is 13.0 Å². The van der Waals surface area contributed by atoms with Crippen LogP contribution in [-0.4, -0.2) is 31.8 Å². The molecule has 1 rings (SSSR count). The lowest BCUT2D eigenvalue weighted by atomic mass is 9.79. The van der Waals surface area contributed by atoms with E-state index in [9.17, 15) is 0 Å². The molecular formula is C13H25N3O. The average molecular weight is 239 g/mol. The summed E-state index contributed by atoms with van der Waals surface area (Å²) >= 11 is 0. The Balaban J connectivity index is 2.48. The number of nitrogens with two attached hydrogens (primary N) is 1. The van der Waals surface area contributed by atoms with Crippen LogP contribution in [0, 0.1) is 5.92 Å². The highest BCUT2D eigenvalue weighted by Gasteiger charge is 2.33. The fourth-order valence-electron chi connectivity index (χ4n) is 2.18. The monoisotopic (exact) mass is 239 g/mol. The van der Waals surface area contributed by atoms with Crippen molar-refractivity contribution in [1.29, 1.82) is 0 Å². The van der Waals surface area contributed by atoms with Gasteiger partial charge in [-0.25, -0.2) is 0 Å². The van der Waals surface area contributed by atoms with Gasteiger partial charge in [0.15, 0.2) is 5.96 Å². The molecule has 0 aromatic carbocycles. The molecule has 1 saturated carbocycles. The maximum atomic E-state index is 5.75. The van der Waals surface area contributed by atoms with Gasteiger partial charge in [0.05, 0.1) is 12.1 Å². The summed E-state index contributed by atoms with van der Waals surface area (Å²) in [4.78, 5) is 4.36. The minimum atomic E-state index is -0.104. The van der Waals surface area contributed by atoms with Crippen molar-refractivity contribution in [3.05, 3.63) is 12.7 Å². The molecule has 1 aliphatic carbocycles. The number of nitrogens with zero attached hydrogens (tertiary/aromatic N) is 1. The standard InChI is InChI=1S/C13H25N3O/c1-4-9-15-12(14)16-10-13(17-3)7-5-11(2)6-8-13/h4,11H,1,5-10H2,2-3H3,(H3,14,15,16). The Bertz CT molecular complexity index is 268. The van der Waals surface area contributed by atoms with Gasteiger partial charge in [0, 0.05) is 13.7 Å². The van der Waals surface area contributed by atoms with E-state index >= 15 is 0 Å². The second kappa shape index (κ2) is 6.64. The number of aliphatic imine (C=N–C) groups is 1. The second-order valence-corrected chi connectivity index (χ2v) is 4.94. The Morgan fingerprint density at radius 2 is 2.24 bits per heavy atom. The molecule has 0 radical (unpaired) electrons. The molecule has 0 atom stereocenters. The predicted octanol–water partition coefficient (Wildman–Crippen LogP) is 1.67. The van der Waals surface area contributed by atoms with Crippen molar-refractivity contribution < 1.29 is 4.74 Å². The van der Waals surface area contributed by atoms with Crippen LogP contribution in [0.1, 0.15) is 32.6 Å². The molecule has 0 heterocycles. The Kier molecular flexibility index (Phi) is 5.48. The van der Waals surface area contributed by atoms with Crippen molar-refractivity contribution in [2.45, 2.75) is 38.2 Å².